The van der Waals surface area contributed by atoms with Crippen LogP contribution < -0.4 is 5.73 Å². The summed E-state index contributed by atoms with van der Waals surface area (Å²) in [4.78, 5) is 15.2. The summed E-state index contributed by atoms with van der Waals surface area (Å²) < 4.78 is 4.57. The number of nitrogens with two attached hydrogens (primary N) is 1. The Morgan fingerprint density at radius 1 is 1.62 bits per heavy atom. The molecule has 0 aliphatic heterocycles. The first-order chi connectivity index (χ1) is 7.67. The maximum Gasteiger partial charge on any atom is 0.306 e. The van der Waals surface area contributed by atoms with Gasteiger partial charge in [0.05, 0.1) is 18.6 Å². The minimum Gasteiger partial charge on any atom is -0.469 e. The first-order valence-electron chi connectivity index (χ1n) is 5.02. The fourth-order valence-corrected chi connectivity index (χ4v) is 2.09. The van der Waals surface area contributed by atoms with Gasteiger partial charge in [-0.25, -0.2) is 4.98 Å². The van der Waals surface area contributed by atoms with Crippen LogP contribution in [0.3, 0.4) is 0 Å². The number of hydrogen-bond acceptors (Lipinski definition) is 5. The third kappa shape index (κ3) is 3.83. The van der Waals surface area contributed by atoms with E-state index in [1.807, 2.05) is 13.0 Å². The molecular formula is C11H16N2O2S. The van der Waals surface area contributed by atoms with Crippen molar-refractivity contribution in [2.24, 2.45) is 5.73 Å². The van der Waals surface area contributed by atoms with Crippen LogP contribution in [0.5, 0.6) is 0 Å². The lowest BCUT2D eigenvalue weighted by Crippen LogP contribution is -2.02. The first-order valence-corrected chi connectivity index (χ1v) is 6.01. The molecule has 0 aliphatic carbocycles. The Labute approximate surface area is 99.6 Å². The molecule has 0 spiro atoms. The van der Waals surface area contributed by atoms with Gasteiger partial charge in [-0.3, -0.25) is 4.79 Å². The van der Waals surface area contributed by atoms with Crippen molar-refractivity contribution in [3.63, 3.8) is 0 Å². The molecule has 0 saturated heterocycles. The highest BCUT2D eigenvalue weighted by atomic mass is 32.2. The van der Waals surface area contributed by atoms with Crippen molar-refractivity contribution in [2.75, 3.05) is 12.9 Å². The molecule has 0 unspecified atom stereocenters. The SMILES string of the molecule is COC(=O)CCSc1ncc(CN)cc1C. The topological polar surface area (TPSA) is 65.2 Å². The molecule has 88 valence electrons. The molecule has 2 N–H and O–H groups in total. The number of pyridine rings is 1. The van der Waals surface area contributed by atoms with E-state index < -0.39 is 0 Å². The Hall–Kier alpha value is -1.07. The molecule has 1 rings (SSSR count). The molecule has 0 bridgehead atoms. The minimum absolute atomic E-state index is 0.191. The largest absolute Gasteiger partial charge is 0.469 e. The molecule has 0 aromatic carbocycles. The van der Waals surface area contributed by atoms with Gasteiger partial charge >= 0.3 is 5.97 Å². The second-order valence-corrected chi connectivity index (χ2v) is 4.43. The quantitative estimate of drug-likeness (QED) is 0.624. The number of ether oxygens (including phenoxy) is 1. The highest BCUT2D eigenvalue weighted by molar-refractivity contribution is 7.99. The van der Waals surface area contributed by atoms with Crippen LogP contribution in [0, 0.1) is 6.92 Å². The Kier molecular flexibility index (Phi) is 5.28. The van der Waals surface area contributed by atoms with Gasteiger partial charge in [-0.05, 0) is 18.1 Å². The molecule has 1 aromatic rings. The second kappa shape index (κ2) is 6.50. The van der Waals surface area contributed by atoms with Crippen LogP contribution in [0.1, 0.15) is 17.5 Å². The van der Waals surface area contributed by atoms with E-state index in [0.717, 1.165) is 16.2 Å². The zero-order valence-electron chi connectivity index (χ0n) is 9.53. The number of nitrogens with zero attached hydrogens (tertiary/aromatic N) is 1. The fraction of sp³-hybridized carbons (Fsp3) is 0.455. The van der Waals surface area contributed by atoms with E-state index in [0.29, 0.717) is 18.7 Å². The molecule has 0 fully saturated rings. The zero-order chi connectivity index (χ0) is 12.0. The summed E-state index contributed by atoms with van der Waals surface area (Å²) in [6.45, 7) is 2.49. The lowest BCUT2D eigenvalue weighted by Gasteiger charge is -2.05. The Balaban J connectivity index is 2.51. The smallest absolute Gasteiger partial charge is 0.306 e. The van der Waals surface area contributed by atoms with E-state index in [-0.39, 0.29) is 5.97 Å². The number of rotatable bonds is 5. The Bertz CT molecular complexity index is 369. The number of aromatic nitrogens is 1. The zero-order valence-corrected chi connectivity index (χ0v) is 10.3. The molecule has 0 atom stereocenters. The van der Waals surface area contributed by atoms with E-state index in [1.165, 1.54) is 7.11 Å². The highest BCUT2D eigenvalue weighted by Crippen LogP contribution is 2.21. The normalized spacial score (nSPS) is 10.2. The second-order valence-electron chi connectivity index (χ2n) is 3.34. The third-order valence-corrected chi connectivity index (χ3v) is 3.20. The van der Waals surface area contributed by atoms with Crippen LogP contribution in [0.25, 0.3) is 0 Å². The number of hydrogen-bond donors (Lipinski definition) is 1. The minimum atomic E-state index is -0.191. The van der Waals surface area contributed by atoms with E-state index in [2.05, 4.69) is 9.72 Å². The molecule has 1 aromatic heterocycles. The van der Waals surface area contributed by atoms with Gasteiger partial charge in [-0.2, -0.15) is 0 Å². The lowest BCUT2D eigenvalue weighted by molar-refractivity contribution is -0.140. The maximum absolute atomic E-state index is 10.9. The molecule has 0 saturated carbocycles. The van der Waals surface area contributed by atoms with Gasteiger partial charge in [0, 0.05) is 18.5 Å². The van der Waals surface area contributed by atoms with Gasteiger partial charge in [0.1, 0.15) is 0 Å². The van der Waals surface area contributed by atoms with E-state index >= 15 is 0 Å². The average molecular weight is 240 g/mol. The average Bonchev–Trinajstić information content (AvgIpc) is 2.30. The van der Waals surface area contributed by atoms with Gasteiger partial charge in [-0.1, -0.05) is 6.07 Å². The van der Waals surface area contributed by atoms with Crippen molar-refractivity contribution in [3.8, 4) is 0 Å². The predicted octanol–water partition coefficient (Wildman–Crippen LogP) is 1.50. The molecule has 16 heavy (non-hydrogen) atoms. The van der Waals surface area contributed by atoms with Crippen LogP contribution >= 0.6 is 11.8 Å². The number of esters is 1. The van der Waals surface area contributed by atoms with Crippen molar-refractivity contribution >= 4 is 17.7 Å². The number of aryl methyl sites for hydroxylation is 1. The fourth-order valence-electron chi connectivity index (χ4n) is 1.22. The highest BCUT2D eigenvalue weighted by Gasteiger charge is 2.04. The Morgan fingerprint density at radius 3 is 2.94 bits per heavy atom. The van der Waals surface area contributed by atoms with Crippen molar-refractivity contribution in [1.29, 1.82) is 0 Å². The summed E-state index contributed by atoms with van der Waals surface area (Å²) in [5.74, 6) is 0.492. The van der Waals surface area contributed by atoms with Crippen LogP contribution in [0.15, 0.2) is 17.3 Å². The van der Waals surface area contributed by atoms with E-state index in [9.17, 15) is 4.79 Å². The molecule has 5 heteroatoms. The molecule has 1 heterocycles. The van der Waals surface area contributed by atoms with Gasteiger partial charge in [0.15, 0.2) is 0 Å². The van der Waals surface area contributed by atoms with E-state index in [1.54, 1.807) is 18.0 Å². The maximum atomic E-state index is 10.9. The van der Waals surface area contributed by atoms with E-state index in [4.69, 9.17) is 5.73 Å². The third-order valence-electron chi connectivity index (χ3n) is 2.10. The van der Waals surface area contributed by atoms with Crippen molar-refractivity contribution in [3.05, 3.63) is 23.4 Å². The van der Waals surface area contributed by atoms with Gasteiger partial charge in [0.2, 0.25) is 0 Å². The summed E-state index contributed by atoms with van der Waals surface area (Å²) in [5.41, 5.74) is 7.64. The molecule has 0 aliphatic rings. The van der Waals surface area contributed by atoms with Gasteiger partial charge in [0.25, 0.3) is 0 Å². The van der Waals surface area contributed by atoms with Crippen molar-refractivity contribution in [2.45, 2.75) is 24.9 Å². The number of methoxy groups -OCH3 is 1. The predicted molar refractivity (Wildman–Crippen MR) is 64.2 cm³/mol. The lowest BCUT2D eigenvalue weighted by atomic mass is 10.2. The molecule has 0 amide bonds. The first kappa shape index (κ1) is 13.0. The standard InChI is InChI=1S/C11H16N2O2S/c1-8-5-9(6-12)7-13-11(8)16-4-3-10(14)15-2/h5,7H,3-4,6,12H2,1-2H3. The summed E-state index contributed by atoms with van der Waals surface area (Å²) in [6, 6.07) is 2.02. The van der Waals surface area contributed by atoms with Crippen molar-refractivity contribution in [1.82, 2.24) is 4.98 Å². The van der Waals surface area contributed by atoms with Crippen LogP contribution in [-0.2, 0) is 16.1 Å². The number of carbonyl (C=O) groups is 1. The Morgan fingerprint density at radius 2 is 2.38 bits per heavy atom. The van der Waals surface area contributed by atoms with Gasteiger partial charge in [-0.15, -0.1) is 11.8 Å². The summed E-state index contributed by atoms with van der Waals surface area (Å²) in [7, 11) is 1.40. The number of carbonyl (C=O) groups excluding carboxylic acids is 1. The van der Waals surface area contributed by atoms with Gasteiger partial charge < -0.3 is 10.5 Å². The van der Waals surface area contributed by atoms with Crippen LogP contribution in [-0.4, -0.2) is 23.8 Å². The van der Waals surface area contributed by atoms with Crippen molar-refractivity contribution < 1.29 is 9.53 Å². The summed E-state index contributed by atoms with van der Waals surface area (Å²) >= 11 is 1.56. The van der Waals surface area contributed by atoms with Crippen LogP contribution in [0.2, 0.25) is 0 Å². The van der Waals surface area contributed by atoms with Crippen LogP contribution in [0.4, 0.5) is 0 Å². The monoisotopic (exact) mass is 240 g/mol. The summed E-state index contributed by atoms with van der Waals surface area (Å²) in [5, 5.41) is 0.945. The molecule has 4 nitrogen and oxygen atoms in total. The summed E-state index contributed by atoms with van der Waals surface area (Å²) in [6.07, 6.45) is 2.18. The number of thioether (sulfide) groups is 1. The molecule has 0 radical (unpaired) electrons. The molecular weight excluding hydrogens is 224 g/mol.